The number of hydrogen-bond donors (Lipinski definition) is 2. The number of anilines is 1. The van der Waals surface area contributed by atoms with Crippen molar-refractivity contribution in [2.24, 2.45) is 0 Å². The maximum Gasteiger partial charge on any atom is 0.272 e. The van der Waals surface area contributed by atoms with Crippen LogP contribution >= 0.6 is 23.2 Å². The highest BCUT2D eigenvalue weighted by Gasteiger charge is 2.13. The average molecular weight is 363 g/mol. The SMILES string of the molecule is CC(=O)NC(=Cc1ccccc1C)C(=O)Nc1cc(Cl)cc(Cl)c1. The number of aryl methyl sites for hydroxylation is 1. The van der Waals surface area contributed by atoms with E-state index in [1.807, 2.05) is 31.2 Å². The zero-order valence-electron chi connectivity index (χ0n) is 13.2. The first-order valence-electron chi connectivity index (χ1n) is 7.17. The second-order valence-electron chi connectivity index (χ2n) is 5.21. The molecule has 2 rings (SSSR count). The molecule has 0 aliphatic rings. The molecule has 0 spiro atoms. The summed E-state index contributed by atoms with van der Waals surface area (Å²) in [6.45, 7) is 3.26. The fraction of sp³-hybridized carbons (Fsp3) is 0.111. The van der Waals surface area contributed by atoms with Gasteiger partial charge in [-0.3, -0.25) is 9.59 Å². The molecule has 24 heavy (non-hydrogen) atoms. The van der Waals surface area contributed by atoms with Crippen molar-refractivity contribution in [3.05, 3.63) is 69.3 Å². The lowest BCUT2D eigenvalue weighted by Crippen LogP contribution is -2.29. The molecule has 2 N–H and O–H groups in total. The summed E-state index contributed by atoms with van der Waals surface area (Å²) >= 11 is 11.9. The zero-order valence-corrected chi connectivity index (χ0v) is 14.7. The van der Waals surface area contributed by atoms with Gasteiger partial charge in [0.25, 0.3) is 5.91 Å². The zero-order chi connectivity index (χ0) is 17.7. The van der Waals surface area contributed by atoms with Crippen molar-refractivity contribution < 1.29 is 9.59 Å². The standard InChI is InChI=1S/C18H16Cl2N2O2/c1-11-5-3-4-6-13(11)7-17(21-12(2)23)18(24)22-16-9-14(19)8-15(20)10-16/h3-10H,1-2H3,(H,21,23)(H,22,24). The van der Waals surface area contributed by atoms with E-state index in [1.165, 1.54) is 6.92 Å². The van der Waals surface area contributed by atoms with Crippen molar-refractivity contribution >= 4 is 46.8 Å². The molecule has 0 fully saturated rings. The Hall–Kier alpha value is -2.30. The first-order valence-corrected chi connectivity index (χ1v) is 7.93. The van der Waals surface area contributed by atoms with E-state index in [4.69, 9.17) is 23.2 Å². The molecule has 0 aliphatic heterocycles. The van der Waals surface area contributed by atoms with Gasteiger partial charge in [-0.1, -0.05) is 47.5 Å². The van der Waals surface area contributed by atoms with E-state index in [2.05, 4.69) is 10.6 Å². The summed E-state index contributed by atoms with van der Waals surface area (Å²) in [6.07, 6.45) is 1.62. The van der Waals surface area contributed by atoms with Crippen LogP contribution in [-0.2, 0) is 9.59 Å². The van der Waals surface area contributed by atoms with E-state index < -0.39 is 5.91 Å². The summed E-state index contributed by atoms with van der Waals surface area (Å²) in [5.41, 5.74) is 2.39. The molecule has 0 atom stereocenters. The van der Waals surface area contributed by atoms with E-state index in [-0.39, 0.29) is 11.6 Å². The Morgan fingerprint density at radius 2 is 1.67 bits per heavy atom. The van der Waals surface area contributed by atoms with Crippen LogP contribution in [0.15, 0.2) is 48.2 Å². The van der Waals surface area contributed by atoms with Gasteiger partial charge in [0.05, 0.1) is 0 Å². The van der Waals surface area contributed by atoms with Gasteiger partial charge in [0.15, 0.2) is 0 Å². The second kappa shape index (κ2) is 7.99. The molecule has 6 heteroatoms. The molecule has 2 aromatic rings. The van der Waals surface area contributed by atoms with Gasteiger partial charge in [-0.2, -0.15) is 0 Å². The summed E-state index contributed by atoms with van der Waals surface area (Å²) in [7, 11) is 0. The number of benzene rings is 2. The van der Waals surface area contributed by atoms with Crippen LogP contribution in [0, 0.1) is 6.92 Å². The summed E-state index contributed by atoms with van der Waals surface area (Å²) in [5, 5.41) is 6.04. The van der Waals surface area contributed by atoms with Crippen molar-refractivity contribution in [1.29, 1.82) is 0 Å². The smallest absolute Gasteiger partial charge is 0.272 e. The molecular formula is C18H16Cl2N2O2. The lowest BCUT2D eigenvalue weighted by Gasteiger charge is -2.11. The minimum atomic E-state index is -0.466. The Kier molecular flexibility index (Phi) is 6.01. The van der Waals surface area contributed by atoms with Gasteiger partial charge in [0.2, 0.25) is 5.91 Å². The van der Waals surface area contributed by atoms with Gasteiger partial charge < -0.3 is 10.6 Å². The normalized spacial score (nSPS) is 11.1. The number of halogens is 2. The van der Waals surface area contributed by atoms with Crippen LogP contribution in [0.3, 0.4) is 0 Å². The largest absolute Gasteiger partial charge is 0.322 e. The maximum atomic E-state index is 12.5. The summed E-state index contributed by atoms with van der Waals surface area (Å²) < 4.78 is 0. The van der Waals surface area contributed by atoms with Crippen LogP contribution < -0.4 is 10.6 Å². The lowest BCUT2D eigenvalue weighted by atomic mass is 10.1. The maximum absolute atomic E-state index is 12.5. The molecule has 0 saturated carbocycles. The highest BCUT2D eigenvalue weighted by atomic mass is 35.5. The van der Waals surface area contributed by atoms with E-state index in [9.17, 15) is 9.59 Å². The molecule has 0 unspecified atom stereocenters. The Morgan fingerprint density at radius 1 is 1.04 bits per heavy atom. The molecule has 0 radical (unpaired) electrons. The number of amides is 2. The van der Waals surface area contributed by atoms with E-state index in [1.54, 1.807) is 24.3 Å². The predicted octanol–water partition coefficient (Wildman–Crippen LogP) is 4.42. The van der Waals surface area contributed by atoms with Crippen molar-refractivity contribution in [2.45, 2.75) is 13.8 Å². The van der Waals surface area contributed by atoms with E-state index in [0.29, 0.717) is 15.7 Å². The topological polar surface area (TPSA) is 58.2 Å². The highest BCUT2D eigenvalue weighted by molar-refractivity contribution is 6.35. The van der Waals surface area contributed by atoms with E-state index >= 15 is 0 Å². The molecule has 0 aliphatic carbocycles. The van der Waals surface area contributed by atoms with Gasteiger partial charge in [0.1, 0.15) is 5.70 Å². The average Bonchev–Trinajstić information content (AvgIpc) is 2.47. The third kappa shape index (κ3) is 5.11. The van der Waals surface area contributed by atoms with Crippen molar-refractivity contribution in [2.75, 3.05) is 5.32 Å². The van der Waals surface area contributed by atoms with Crippen molar-refractivity contribution in [1.82, 2.24) is 5.32 Å². The fourth-order valence-corrected chi connectivity index (χ4v) is 2.60. The molecule has 124 valence electrons. The number of carbonyl (C=O) groups excluding carboxylic acids is 2. The van der Waals surface area contributed by atoms with E-state index in [0.717, 1.165) is 11.1 Å². The van der Waals surface area contributed by atoms with Crippen LogP contribution in [0.4, 0.5) is 5.69 Å². The van der Waals surface area contributed by atoms with Gasteiger partial charge in [-0.15, -0.1) is 0 Å². The van der Waals surface area contributed by atoms with Gasteiger partial charge in [-0.25, -0.2) is 0 Å². The molecule has 0 heterocycles. The van der Waals surface area contributed by atoms with Crippen molar-refractivity contribution in [3.63, 3.8) is 0 Å². The van der Waals surface area contributed by atoms with Crippen molar-refractivity contribution in [3.8, 4) is 0 Å². The Bertz CT molecular complexity index is 796. The summed E-state index contributed by atoms with van der Waals surface area (Å²) in [5.74, 6) is -0.805. The summed E-state index contributed by atoms with van der Waals surface area (Å²) in [4.78, 5) is 23.9. The monoisotopic (exact) mass is 362 g/mol. The first kappa shape index (κ1) is 18.0. The quantitative estimate of drug-likeness (QED) is 0.791. The third-order valence-electron chi connectivity index (χ3n) is 3.16. The van der Waals surface area contributed by atoms with Crippen LogP contribution in [0.5, 0.6) is 0 Å². The molecule has 0 aromatic heterocycles. The van der Waals surface area contributed by atoms with Gasteiger partial charge in [0, 0.05) is 22.7 Å². The van der Waals surface area contributed by atoms with Gasteiger partial charge in [-0.05, 0) is 42.3 Å². The van der Waals surface area contributed by atoms with Crippen LogP contribution in [-0.4, -0.2) is 11.8 Å². The number of rotatable bonds is 4. The van der Waals surface area contributed by atoms with Gasteiger partial charge >= 0.3 is 0 Å². The minimum Gasteiger partial charge on any atom is -0.322 e. The van der Waals surface area contributed by atoms with Crippen LogP contribution in [0.2, 0.25) is 10.0 Å². The molecule has 4 nitrogen and oxygen atoms in total. The number of hydrogen-bond acceptors (Lipinski definition) is 2. The molecule has 2 aromatic carbocycles. The summed E-state index contributed by atoms with van der Waals surface area (Å²) in [6, 6.07) is 12.3. The number of nitrogens with one attached hydrogen (secondary N) is 2. The third-order valence-corrected chi connectivity index (χ3v) is 3.60. The lowest BCUT2D eigenvalue weighted by molar-refractivity contribution is -0.120. The fourth-order valence-electron chi connectivity index (χ4n) is 2.08. The highest BCUT2D eigenvalue weighted by Crippen LogP contribution is 2.23. The molecule has 0 saturated heterocycles. The Labute approximate surface area is 150 Å². The van der Waals surface area contributed by atoms with Crippen LogP contribution in [0.25, 0.3) is 6.08 Å². The number of carbonyl (C=O) groups is 2. The molecule has 0 bridgehead atoms. The van der Waals surface area contributed by atoms with Crippen LogP contribution in [0.1, 0.15) is 18.1 Å². The second-order valence-corrected chi connectivity index (χ2v) is 6.08. The molecular weight excluding hydrogens is 347 g/mol. The minimum absolute atomic E-state index is 0.132. The Morgan fingerprint density at radius 3 is 2.25 bits per heavy atom. The Balaban J connectivity index is 2.32. The first-order chi connectivity index (χ1) is 11.3. The predicted molar refractivity (Wildman–Crippen MR) is 98.1 cm³/mol. The molecule has 2 amide bonds.